The molecule has 0 spiro atoms. The van der Waals surface area contributed by atoms with Crippen LogP contribution in [0.2, 0.25) is 0 Å². The van der Waals surface area contributed by atoms with Gasteiger partial charge in [-0.1, -0.05) is 0 Å². The van der Waals surface area contributed by atoms with Crippen molar-refractivity contribution in [2.75, 3.05) is 18.8 Å². The average molecular weight is 387 g/mol. The summed E-state index contributed by atoms with van der Waals surface area (Å²) in [6.07, 6.45) is 2.60. The SMILES string of the molecule is O=C1CCC(N2C(=O)c3ccc(SCC4CCNCC4)cc3C2=O)C(=O)N1. The van der Waals surface area contributed by atoms with Crippen LogP contribution in [0.25, 0.3) is 0 Å². The molecule has 7 nitrogen and oxygen atoms in total. The zero-order valence-corrected chi connectivity index (χ0v) is 15.6. The van der Waals surface area contributed by atoms with Gasteiger partial charge in [0.05, 0.1) is 11.1 Å². The molecule has 0 aromatic heterocycles. The van der Waals surface area contributed by atoms with Crippen LogP contribution in [0.15, 0.2) is 23.1 Å². The van der Waals surface area contributed by atoms with E-state index in [0.717, 1.165) is 41.5 Å². The van der Waals surface area contributed by atoms with Gasteiger partial charge >= 0.3 is 0 Å². The maximum absolute atomic E-state index is 12.8. The highest BCUT2D eigenvalue weighted by molar-refractivity contribution is 7.99. The molecule has 0 bridgehead atoms. The van der Waals surface area contributed by atoms with E-state index in [4.69, 9.17) is 0 Å². The van der Waals surface area contributed by atoms with Gasteiger partial charge in [0.25, 0.3) is 11.8 Å². The zero-order valence-electron chi connectivity index (χ0n) is 14.8. The maximum atomic E-state index is 12.8. The highest BCUT2D eigenvalue weighted by atomic mass is 32.2. The highest BCUT2D eigenvalue weighted by Gasteiger charge is 2.44. The summed E-state index contributed by atoms with van der Waals surface area (Å²) in [5.74, 6) is -0.222. The number of piperidine rings is 2. The summed E-state index contributed by atoms with van der Waals surface area (Å²) < 4.78 is 0. The lowest BCUT2D eigenvalue weighted by atomic mass is 10.0. The van der Waals surface area contributed by atoms with Crippen LogP contribution in [-0.2, 0) is 9.59 Å². The Kier molecular flexibility index (Phi) is 5.01. The maximum Gasteiger partial charge on any atom is 0.262 e. The van der Waals surface area contributed by atoms with Crippen LogP contribution in [0.4, 0.5) is 0 Å². The van der Waals surface area contributed by atoms with Gasteiger partial charge in [0, 0.05) is 17.1 Å². The summed E-state index contributed by atoms with van der Waals surface area (Å²) in [6, 6.07) is 4.38. The van der Waals surface area contributed by atoms with Gasteiger partial charge in [-0.2, -0.15) is 0 Å². The predicted molar refractivity (Wildman–Crippen MR) is 99.4 cm³/mol. The average Bonchev–Trinajstić information content (AvgIpc) is 2.92. The number of amides is 4. The molecule has 8 heteroatoms. The molecule has 1 aromatic carbocycles. The number of hydrogen-bond acceptors (Lipinski definition) is 6. The third-order valence-electron chi connectivity index (χ3n) is 5.36. The largest absolute Gasteiger partial charge is 0.317 e. The van der Waals surface area contributed by atoms with Crippen LogP contribution in [0.1, 0.15) is 46.4 Å². The van der Waals surface area contributed by atoms with E-state index in [0.29, 0.717) is 17.0 Å². The number of nitrogens with zero attached hydrogens (tertiary/aromatic N) is 1. The van der Waals surface area contributed by atoms with E-state index in [-0.39, 0.29) is 18.7 Å². The first-order chi connectivity index (χ1) is 13.0. The quantitative estimate of drug-likeness (QED) is 0.595. The van der Waals surface area contributed by atoms with Gasteiger partial charge in [0.15, 0.2) is 0 Å². The second-order valence-corrected chi connectivity index (χ2v) is 8.25. The number of thioether (sulfide) groups is 1. The molecule has 0 saturated carbocycles. The number of fused-ring (bicyclic) bond motifs is 1. The summed E-state index contributed by atoms with van der Waals surface area (Å²) in [6.45, 7) is 2.09. The topological polar surface area (TPSA) is 95.6 Å². The summed E-state index contributed by atoms with van der Waals surface area (Å²) >= 11 is 1.70. The predicted octanol–water partition coefficient (Wildman–Crippen LogP) is 1.18. The van der Waals surface area contributed by atoms with Crippen molar-refractivity contribution in [1.29, 1.82) is 0 Å². The number of rotatable bonds is 4. The molecule has 0 radical (unpaired) electrons. The Labute approximate surface area is 161 Å². The van der Waals surface area contributed by atoms with Crippen LogP contribution in [-0.4, -0.2) is 53.4 Å². The summed E-state index contributed by atoms with van der Waals surface area (Å²) in [5, 5.41) is 5.56. The van der Waals surface area contributed by atoms with Gasteiger partial charge in [-0.3, -0.25) is 29.4 Å². The van der Waals surface area contributed by atoms with Gasteiger partial charge in [-0.15, -0.1) is 11.8 Å². The van der Waals surface area contributed by atoms with Crippen molar-refractivity contribution in [1.82, 2.24) is 15.5 Å². The van der Waals surface area contributed by atoms with E-state index < -0.39 is 23.8 Å². The molecule has 2 saturated heterocycles. The Morgan fingerprint density at radius 3 is 2.48 bits per heavy atom. The van der Waals surface area contributed by atoms with Gasteiger partial charge in [-0.05, 0) is 56.5 Å². The summed E-state index contributed by atoms with van der Waals surface area (Å²) in [5.41, 5.74) is 0.677. The highest BCUT2D eigenvalue weighted by Crippen LogP contribution is 2.32. The molecule has 1 unspecified atom stereocenters. The molecule has 2 N–H and O–H groups in total. The summed E-state index contributed by atoms with van der Waals surface area (Å²) in [4.78, 5) is 50.9. The van der Waals surface area contributed by atoms with E-state index in [1.807, 2.05) is 6.07 Å². The van der Waals surface area contributed by atoms with Gasteiger partial charge in [-0.25, -0.2) is 0 Å². The molecule has 3 aliphatic heterocycles. The van der Waals surface area contributed by atoms with Crippen molar-refractivity contribution in [3.63, 3.8) is 0 Å². The van der Waals surface area contributed by atoms with E-state index in [1.165, 1.54) is 0 Å². The number of benzene rings is 1. The molecule has 1 atom stereocenters. The minimum absolute atomic E-state index is 0.126. The molecule has 4 amide bonds. The lowest BCUT2D eigenvalue weighted by Gasteiger charge is -2.27. The van der Waals surface area contributed by atoms with E-state index in [2.05, 4.69) is 10.6 Å². The Bertz CT molecular complexity index is 819. The molecular weight excluding hydrogens is 366 g/mol. The standard InChI is InChI=1S/C19H21N3O4S/c23-16-4-3-15(17(24)21-16)22-18(25)13-2-1-12(9-14(13)19(22)26)27-10-11-5-7-20-8-6-11/h1-2,9,11,15,20H,3-8,10H2,(H,21,23,24). The number of imide groups is 2. The Balaban J connectivity index is 1.49. The number of nitrogens with one attached hydrogen (secondary N) is 2. The van der Waals surface area contributed by atoms with Crippen LogP contribution < -0.4 is 10.6 Å². The lowest BCUT2D eigenvalue weighted by molar-refractivity contribution is -0.136. The lowest BCUT2D eigenvalue weighted by Crippen LogP contribution is -2.54. The van der Waals surface area contributed by atoms with Crippen LogP contribution in [0, 0.1) is 5.92 Å². The molecular formula is C19H21N3O4S. The van der Waals surface area contributed by atoms with Gasteiger partial charge < -0.3 is 5.32 Å². The Morgan fingerprint density at radius 2 is 1.74 bits per heavy atom. The van der Waals surface area contributed by atoms with Gasteiger partial charge in [0.1, 0.15) is 6.04 Å². The number of hydrogen-bond donors (Lipinski definition) is 2. The fraction of sp³-hybridized carbons (Fsp3) is 0.474. The van der Waals surface area contributed by atoms with Crippen molar-refractivity contribution in [2.24, 2.45) is 5.92 Å². The minimum Gasteiger partial charge on any atom is -0.317 e. The van der Waals surface area contributed by atoms with Crippen molar-refractivity contribution in [3.8, 4) is 0 Å². The molecule has 0 aliphatic carbocycles. The zero-order chi connectivity index (χ0) is 19.0. The van der Waals surface area contributed by atoms with E-state index >= 15 is 0 Å². The first-order valence-electron chi connectivity index (χ1n) is 9.24. The molecule has 142 valence electrons. The second-order valence-electron chi connectivity index (χ2n) is 7.16. The van der Waals surface area contributed by atoms with Crippen LogP contribution in [0.5, 0.6) is 0 Å². The first kappa shape index (κ1) is 18.2. The van der Waals surface area contributed by atoms with E-state index in [1.54, 1.807) is 23.9 Å². The van der Waals surface area contributed by atoms with Crippen LogP contribution >= 0.6 is 11.8 Å². The number of carbonyl (C=O) groups is 4. The van der Waals surface area contributed by atoms with Crippen molar-refractivity contribution in [2.45, 2.75) is 36.6 Å². The third kappa shape index (κ3) is 3.51. The van der Waals surface area contributed by atoms with Crippen molar-refractivity contribution < 1.29 is 19.2 Å². The monoisotopic (exact) mass is 387 g/mol. The number of carbonyl (C=O) groups excluding carboxylic acids is 4. The molecule has 2 fully saturated rings. The smallest absolute Gasteiger partial charge is 0.262 e. The fourth-order valence-electron chi connectivity index (χ4n) is 3.80. The third-order valence-corrected chi connectivity index (χ3v) is 6.58. The second kappa shape index (κ2) is 7.44. The molecule has 3 aliphatic rings. The minimum atomic E-state index is -0.916. The van der Waals surface area contributed by atoms with Crippen LogP contribution in [0.3, 0.4) is 0 Å². The molecule has 3 heterocycles. The van der Waals surface area contributed by atoms with Gasteiger partial charge in [0.2, 0.25) is 11.8 Å². The first-order valence-corrected chi connectivity index (χ1v) is 10.2. The Hall–Kier alpha value is -2.19. The fourth-order valence-corrected chi connectivity index (χ4v) is 4.93. The Morgan fingerprint density at radius 1 is 1.00 bits per heavy atom. The van der Waals surface area contributed by atoms with Crippen molar-refractivity contribution >= 4 is 35.4 Å². The van der Waals surface area contributed by atoms with E-state index in [9.17, 15) is 19.2 Å². The normalized spacial score (nSPS) is 23.6. The van der Waals surface area contributed by atoms with Crippen molar-refractivity contribution in [3.05, 3.63) is 29.3 Å². The summed E-state index contributed by atoms with van der Waals surface area (Å²) in [7, 11) is 0. The molecule has 27 heavy (non-hydrogen) atoms. The molecule has 4 rings (SSSR count). The molecule has 1 aromatic rings.